The molecule has 1 fully saturated rings. The Morgan fingerprint density at radius 3 is 2.40 bits per heavy atom. The predicted octanol–water partition coefficient (Wildman–Crippen LogP) is 1.70. The molecule has 1 aromatic heterocycles. The molecule has 1 unspecified atom stereocenters. The second-order valence-corrected chi connectivity index (χ2v) is 4.43. The van der Waals surface area contributed by atoms with Gasteiger partial charge in [-0.2, -0.15) is 0 Å². The van der Waals surface area contributed by atoms with E-state index in [-0.39, 0.29) is 0 Å². The number of hydrogen-bond acceptors (Lipinski definition) is 3. The maximum absolute atomic E-state index is 4.55. The highest BCUT2D eigenvalue weighted by Crippen LogP contribution is 2.12. The monoisotopic (exact) mass is 205 g/mol. The molecule has 15 heavy (non-hydrogen) atoms. The largest absolute Gasteiger partial charge is 0.314 e. The van der Waals surface area contributed by atoms with E-state index in [4.69, 9.17) is 0 Å². The number of rotatable bonds is 2. The third kappa shape index (κ3) is 2.34. The average Bonchev–Trinajstić information content (AvgIpc) is 2.66. The SMILES string of the molecule is Cc1nc(CC2CCCN2)nc(C)c1C. The fourth-order valence-corrected chi connectivity index (χ4v) is 2.08. The molecule has 1 aromatic rings. The molecule has 1 aliphatic heterocycles. The van der Waals surface area contributed by atoms with Gasteiger partial charge < -0.3 is 5.32 Å². The van der Waals surface area contributed by atoms with Crippen LogP contribution >= 0.6 is 0 Å². The summed E-state index contributed by atoms with van der Waals surface area (Å²) < 4.78 is 0. The zero-order chi connectivity index (χ0) is 10.8. The Morgan fingerprint density at radius 2 is 1.87 bits per heavy atom. The van der Waals surface area contributed by atoms with E-state index in [1.54, 1.807) is 0 Å². The second-order valence-electron chi connectivity index (χ2n) is 4.43. The van der Waals surface area contributed by atoms with E-state index in [1.807, 2.05) is 0 Å². The van der Waals surface area contributed by atoms with Crippen molar-refractivity contribution in [3.8, 4) is 0 Å². The minimum Gasteiger partial charge on any atom is -0.314 e. The van der Waals surface area contributed by atoms with Crippen LogP contribution in [0, 0.1) is 20.8 Å². The van der Waals surface area contributed by atoms with E-state index in [0.29, 0.717) is 6.04 Å². The van der Waals surface area contributed by atoms with Crippen molar-refractivity contribution >= 4 is 0 Å². The molecule has 0 aromatic carbocycles. The van der Waals surface area contributed by atoms with Crippen LogP contribution in [-0.2, 0) is 6.42 Å². The van der Waals surface area contributed by atoms with Gasteiger partial charge in [-0.25, -0.2) is 9.97 Å². The number of nitrogens with zero attached hydrogens (tertiary/aromatic N) is 2. The highest BCUT2D eigenvalue weighted by Gasteiger charge is 2.16. The van der Waals surface area contributed by atoms with Crippen molar-refractivity contribution in [3.63, 3.8) is 0 Å². The van der Waals surface area contributed by atoms with Crippen LogP contribution in [0.25, 0.3) is 0 Å². The first-order valence-corrected chi connectivity index (χ1v) is 5.71. The van der Waals surface area contributed by atoms with Crippen molar-refractivity contribution < 1.29 is 0 Å². The van der Waals surface area contributed by atoms with E-state index in [2.05, 4.69) is 36.1 Å². The highest BCUT2D eigenvalue weighted by atomic mass is 15.0. The van der Waals surface area contributed by atoms with Crippen molar-refractivity contribution in [2.45, 2.75) is 46.1 Å². The molecule has 1 aliphatic rings. The molecule has 1 N–H and O–H groups in total. The smallest absolute Gasteiger partial charge is 0.130 e. The van der Waals surface area contributed by atoms with Gasteiger partial charge in [0.15, 0.2) is 0 Å². The van der Waals surface area contributed by atoms with Gasteiger partial charge in [-0.1, -0.05) is 0 Å². The summed E-state index contributed by atoms with van der Waals surface area (Å²) in [6, 6.07) is 0.589. The van der Waals surface area contributed by atoms with E-state index >= 15 is 0 Å². The van der Waals surface area contributed by atoms with Crippen molar-refractivity contribution in [2.24, 2.45) is 0 Å². The lowest BCUT2D eigenvalue weighted by Gasteiger charge is -2.11. The third-order valence-electron chi connectivity index (χ3n) is 3.27. The molecular weight excluding hydrogens is 186 g/mol. The summed E-state index contributed by atoms with van der Waals surface area (Å²) in [4.78, 5) is 9.09. The van der Waals surface area contributed by atoms with Gasteiger partial charge in [0.25, 0.3) is 0 Å². The molecular formula is C12H19N3. The third-order valence-corrected chi connectivity index (χ3v) is 3.27. The van der Waals surface area contributed by atoms with E-state index in [1.165, 1.54) is 18.4 Å². The maximum atomic E-state index is 4.55. The van der Waals surface area contributed by atoms with E-state index < -0.39 is 0 Å². The Labute approximate surface area is 91.3 Å². The lowest BCUT2D eigenvalue weighted by Crippen LogP contribution is -2.25. The fourth-order valence-electron chi connectivity index (χ4n) is 2.08. The van der Waals surface area contributed by atoms with Crippen molar-refractivity contribution in [1.82, 2.24) is 15.3 Å². The molecule has 0 bridgehead atoms. The Kier molecular flexibility index (Phi) is 3.00. The minimum atomic E-state index is 0.589. The molecule has 0 aliphatic carbocycles. The molecule has 2 heterocycles. The van der Waals surface area contributed by atoms with Crippen LogP contribution in [0.1, 0.15) is 35.6 Å². The van der Waals surface area contributed by atoms with E-state index in [0.717, 1.165) is 30.2 Å². The van der Waals surface area contributed by atoms with Crippen molar-refractivity contribution in [1.29, 1.82) is 0 Å². The van der Waals surface area contributed by atoms with Gasteiger partial charge in [0.1, 0.15) is 5.82 Å². The van der Waals surface area contributed by atoms with Crippen LogP contribution < -0.4 is 5.32 Å². The Hall–Kier alpha value is -0.960. The summed E-state index contributed by atoms with van der Waals surface area (Å²) in [7, 11) is 0. The van der Waals surface area contributed by atoms with Crippen LogP contribution in [0.15, 0.2) is 0 Å². The topological polar surface area (TPSA) is 37.8 Å². The molecule has 82 valence electrons. The number of aromatic nitrogens is 2. The van der Waals surface area contributed by atoms with Crippen LogP contribution in [0.5, 0.6) is 0 Å². The average molecular weight is 205 g/mol. The lowest BCUT2D eigenvalue weighted by atomic mass is 10.1. The molecule has 3 nitrogen and oxygen atoms in total. The lowest BCUT2D eigenvalue weighted by molar-refractivity contribution is 0.582. The summed E-state index contributed by atoms with van der Waals surface area (Å²) in [5.41, 5.74) is 3.46. The highest BCUT2D eigenvalue weighted by molar-refractivity contribution is 5.22. The first-order valence-electron chi connectivity index (χ1n) is 5.71. The zero-order valence-electron chi connectivity index (χ0n) is 9.80. The molecule has 0 amide bonds. The number of hydrogen-bond donors (Lipinski definition) is 1. The molecule has 1 atom stereocenters. The predicted molar refractivity (Wildman–Crippen MR) is 61.0 cm³/mol. The molecule has 0 spiro atoms. The fraction of sp³-hybridized carbons (Fsp3) is 0.667. The Bertz CT molecular complexity index is 331. The minimum absolute atomic E-state index is 0.589. The number of nitrogens with one attached hydrogen (secondary N) is 1. The number of aryl methyl sites for hydroxylation is 2. The normalized spacial score (nSPS) is 20.9. The Balaban J connectivity index is 2.14. The summed E-state index contributed by atoms with van der Waals surface area (Å²) in [6.45, 7) is 7.36. The summed E-state index contributed by atoms with van der Waals surface area (Å²) >= 11 is 0. The quantitative estimate of drug-likeness (QED) is 0.798. The van der Waals surface area contributed by atoms with Crippen molar-refractivity contribution in [2.75, 3.05) is 6.54 Å². The van der Waals surface area contributed by atoms with Crippen LogP contribution in [0.4, 0.5) is 0 Å². The van der Waals surface area contributed by atoms with Crippen LogP contribution in [0.2, 0.25) is 0 Å². The van der Waals surface area contributed by atoms with Gasteiger partial charge in [-0.3, -0.25) is 0 Å². The van der Waals surface area contributed by atoms with Gasteiger partial charge >= 0.3 is 0 Å². The molecule has 3 heteroatoms. The van der Waals surface area contributed by atoms with E-state index in [9.17, 15) is 0 Å². The van der Waals surface area contributed by atoms with Gasteiger partial charge in [0, 0.05) is 23.9 Å². The molecule has 2 rings (SSSR count). The van der Waals surface area contributed by atoms with Gasteiger partial charge in [0.2, 0.25) is 0 Å². The summed E-state index contributed by atoms with van der Waals surface area (Å²) in [5.74, 6) is 0.995. The second kappa shape index (κ2) is 4.27. The maximum Gasteiger partial charge on any atom is 0.130 e. The molecule has 1 saturated heterocycles. The van der Waals surface area contributed by atoms with Gasteiger partial charge in [-0.15, -0.1) is 0 Å². The zero-order valence-corrected chi connectivity index (χ0v) is 9.80. The van der Waals surface area contributed by atoms with Crippen molar-refractivity contribution in [3.05, 3.63) is 22.8 Å². The van der Waals surface area contributed by atoms with Gasteiger partial charge in [-0.05, 0) is 45.7 Å². The molecule has 0 saturated carbocycles. The first kappa shape index (κ1) is 10.6. The Morgan fingerprint density at radius 1 is 1.20 bits per heavy atom. The molecule has 0 radical (unpaired) electrons. The van der Waals surface area contributed by atoms with Crippen LogP contribution in [0.3, 0.4) is 0 Å². The van der Waals surface area contributed by atoms with Crippen LogP contribution in [-0.4, -0.2) is 22.6 Å². The summed E-state index contributed by atoms with van der Waals surface area (Å²) in [5, 5.41) is 3.48. The van der Waals surface area contributed by atoms with Gasteiger partial charge in [0.05, 0.1) is 0 Å². The standard InChI is InChI=1S/C12H19N3/c1-8-9(2)14-12(15-10(8)3)7-11-5-4-6-13-11/h11,13H,4-7H2,1-3H3. The first-order chi connectivity index (χ1) is 7.16. The summed E-state index contributed by atoms with van der Waals surface area (Å²) in [6.07, 6.45) is 3.52.